The van der Waals surface area contributed by atoms with Crippen LogP contribution in [-0.2, 0) is 4.43 Å². The lowest BCUT2D eigenvalue weighted by Crippen LogP contribution is -2.24. The maximum absolute atomic E-state index is 5.75. The average molecular weight is 194 g/mol. The summed E-state index contributed by atoms with van der Waals surface area (Å²) in [6, 6.07) is 0. The van der Waals surface area contributed by atoms with Gasteiger partial charge < -0.3 is 4.43 Å². The fourth-order valence-corrected chi connectivity index (χ4v) is 5.62. The maximum Gasteiger partial charge on any atom is 0.207 e. The largest absolute Gasteiger partial charge is 0.419 e. The molecule has 1 atom stereocenters. The minimum absolute atomic E-state index is 0.927. The van der Waals surface area contributed by atoms with Crippen molar-refractivity contribution >= 4 is 9.04 Å². The second-order valence-electron chi connectivity index (χ2n) is 4.07. The molecule has 0 saturated heterocycles. The summed E-state index contributed by atoms with van der Waals surface area (Å²) in [5.41, 5.74) is 0.927. The Morgan fingerprint density at radius 3 is 2.69 bits per heavy atom. The molecule has 13 heavy (non-hydrogen) atoms. The van der Waals surface area contributed by atoms with Gasteiger partial charge in [-0.1, -0.05) is 49.1 Å². The standard InChI is InChI=1S/C11H18OSi/c1-12-13(10-6-2-3-7-10)11-8-4-5-9-11/h2-3,6,11,13H,4-5,7-9H2,1H3. The Morgan fingerprint density at radius 2 is 2.15 bits per heavy atom. The maximum atomic E-state index is 5.75. The minimum Gasteiger partial charge on any atom is -0.419 e. The molecule has 1 unspecified atom stereocenters. The van der Waals surface area contributed by atoms with E-state index in [9.17, 15) is 0 Å². The molecule has 2 heteroatoms. The van der Waals surface area contributed by atoms with Gasteiger partial charge in [0.1, 0.15) is 0 Å². The first kappa shape index (κ1) is 9.22. The van der Waals surface area contributed by atoms with Gasteiger partial charge in [0, 0.05) is 7.11 Å². The van der Waals surface area contributed by atoms with Gasteiger partial charge in [-0.3, -0.25) is 0 Å². The Balaban J connectivity index is 1.99. The molecule has 0 bridgehead atoms. The van der Waals surface area contributed by atoms with E-state index in [-0.39, 0.29) is 0 Å². The second kappa shape index (κ2) is 4.25. The molecule has 0 spiro atoms. The van der Waals surface area contributed by atoms with Gasteiger partial charge >= 0.3 is 0 Å². The molecule has 1 fully saturated rings. The van der Waals surface area contributed by atoms with Gasteiger partial charge in [-0.25, -0.2) is 0 Å². The fraction of sp³-hybridized carbons (Fsp3) is 0.636. The SMILES string of the molecule is CO[SiH](C1=CC=CC1)C1CCCC1. The van der Waals surface area contributed by atoms with Crippen molar-refractivity contribution in [3.8, 4) is 0 Å². The quantitative estimate of drug-likeness (QED) is 0.628. The third-order valence-electron chi connectivity index (χ3n) is 3.25. The summed E-state index contributed by atoms with van der Waals surface area (Å²) in [5, 5.41) is 1.62. The number of hydrogen-bond donors (Lipinski definition) is 0. The van der Waals surface area contributed by atoms with E-state index in [0.717, 1.165) is 5.54 Å². The van der Waals surface area contributed by atoms with Crippen LogP contribution >= 0.6 is 0 Å². The summed E-state index contributed by atoms with van der Waals surface area (Å²) < 4.78 is 5.75. The van der Waals surface area contributed by atoms with Crippen LogP contribution in [0.1, 0.15) is 32.1 Å². The van der Waals surface area contributed by atoms with Gasteiger partial charge in [-0.15, -0.1) is 0 Å². The first-order chi connectivity index (χ1) is 6.42. The van der Waals surface area contributed by atoms with Crippen LogP contribution in [0.25, 0.3) is 0 Å². The third kappa shape index (κ3) is 1.94. The lowest BCUT2D eigenvalue weighted by atomic mass is 10.4. The molecule has 0 aromatic rings. The van der Waals surface area contributed by atoms with Crippen molar-refractivity contribution in [1.82, 2.24) is 0 Å². The van der Waals surface area contributed by atoms with Crippen molar-refractivity contribution in [2.75, 3.05) is 7.11 Å². The molecule has 2 aliphatic carbocycles. The van der Waals surface area contributed by atoms with Crippen LogP contribution in [0.2, 0.25) is 5.54 Å². The smallest absolute Gasteiger partial charge is 0.207 e. The van der Waals surface area contributed by atoms with Gasteiger partial charge in [-0.2, -0.15) is 0 Å². The number of allylic oxidation sites excluding steroid dienone is 4. The highest BCUT2D eigenvalue weighted by molar-refractivity contribution is 6.62. The fourth-order valence-electron chi connectivity index (χ4n) is 2.58. The van der Waals surface area contributed by atoms with Crippen molar-refractivity contribution in [3.63, 3.8) is 0 Å². The summed E-state index contributed by atoms with van der Waals surface area (Å²) in [4.78, 5) is 0. The molecule has 1 nitrogen and oxygen atoms in total. The predicted molar refractivity (Wildman–Crippen MR) is 58.2 cm³/mol. The summed E-state index contributed by atoms with van der Waals surface area (Å²) in [7, 11) is 0.892. The molecule has 0 amide bonds. The zero-order valence-corrected chi connectivity index (χ0v) is 9.49. The Kier molecular flexibility index (Phi) is 3.01. The molecule has 2 rings (SSSR count). The Hall–Kier alpha value is -0.343. The highest BCUT2D eigenvalue weighted by Gasteiger charge is 2.29. The topological polar surface area (TPSA) is 9.23 Å². The third-order valence-corrected chi connectivity index (χ3v) is 6.44. The van der Waals surface area contributed by atoms with E-state index < -0.39 is 9.04 Å². The molecule has 1 saturated carbocycles. The van der Waals surface area contributed by atoms with Crippen molar-refractivity contribution < 1.29 is 4.43 Å². The molecule has 0 N–H and O–H groups in total. The first-order valence-corrected chi connectivity index (χ1v) is 7.02. The minimum atomic E-state index is -1.02. The van der Waals surface area contributed by atoms with E-state index >= 15 is 0 Å². The number of hydrogen-bond acceptors (Lipinski definition) is 1. The highest BCUT2D eigenvalue weighted by Crippen LogP contribution is 2.36. The Labute approximate surface area is 82.2 Å². The second-order valence-corrected chi connectivity index (χ2v) is 7.07. The lowest BCUT2D eigenvalue weighted by Gasteiger charge is -2.21. The molecule has 0 radical (unpaired) electrons. The summed E-state index contributed by atoms with van der Waals surface area (Å²) in [5.74, 6) is 0. The molecule has 72 valence electrons. The van der Waals surface area contributed by atoms with E-state index in [1.54, 1.807) is 5.20 Å². The Bertz CT molecular complexity index is 226. The van der Waals surface area contributed by atoms with E-state index in [1.807, 2.05) is 7.11 Å². The Morgan fingerprint density at radius 1 is 1.38 bits per heavy atom. The van der Waals surface area contributed by atoms with Crippen molar-refractivity contribution in [2.24, 2.45) is 0 Å². The monoisotopic (exact) mass is 194 g/mol. The van der Waals surface area contributed by atoms with Crippen LogP contribution in [0.4, 0.5) is 0 Å². The number of rotatable bonds is 3. The lowest BCUT2D eigenvalue weighted by molar-refractivity contribution is 0.412. The molecule has 2 aliphatic rings. The van der Waals surface area contributed by atoms with Crippen LogP contribution in [-0.4, -0.2) is 16.2 Å². The summed E-state index contributed by atoms with van der Waals surface area (Å²) >= 11 is 0. The molecular formula is C11H18OSi. The molecule has 0 heterocycles. The van der Waals surface area contributed by atoms with E-state index in [0.29, 0.717) is 0 Å². The zero-order valence-electron chi connectivity index (χ0n) is 8.33. The molecule has 0 aliphatic heterocycles. The van der Waals surface area contributed by atoms with Gasteiger partial charge in [0.2, 0.25) is 9.04 Å². The van der Waals surface area contributed by atoms with Gasteiger partial charge in [0.05, 0.1) is 0 Å². The van der Waals surface area contributed by atoms with Crippen LogP contribution in [0.5, 0.6) is 0 Å². The van der Waals surface area contributed by atoms with Crippen molar-refractivity contribution in [3.05, 3.63) is 23.4 Å². The molecular weight excluding hydrogens is 176 g/mol. The van der Waals surface area contributed by atoms with E-state index in [4.69, 9.17) is 4.43 Å². The van der Waals surface area contributed by atoms with Crippen LogP contribution < -0.4 is 0 Å². The van der Waals surface area contributed by atoms with Crippen LogP contribution in [0.15, 0.2) is 23.4 Å². The first-order valence-electron chi connectivity index (χ1n) is 5.30. The van der Waals surface area contributed by atoms with Gasteiger partial charge in [-0.05, 0) is 12.0 Å². The summed E-state index contributed by atoms with van der Waals surface area (Å²) in [6.07, 6.45) is 13.6. The molecule has 0 aromatic carbocycles. The van der Waals surface area contributed by atoms with Gasteiger partial charge in [0.15, 0.2) is 0 Å². The van der Waals surface area contributed by atoms with Gasteiger partial charge in [0.25, 0.3) is 0 Å². The predicted octanol–water partition coefficient (Wildman–Crippen LogP) is 2.73. The molecule has 0 aromatic heterocycles. The van der Waals surface area contributed by atoms with Crippen molar-refractivity contribution in [1.29, 1.82) is 0 Å². The average Bonchev–Trinajstić information content (AvgIpc) is 2.76. The summed E-state index contributed by atoms with van der Waals surface area (Å²) in [6.45, 7) is 0. The normalized spacial score (nSPS) is 25.2. The highest BCUT2D eigenvalue weighted by atomic mass is 28.3. The van der Waals surface area contributed by atoms with E-state index in [1.165, 1.54) is 32.1 Å². The van der Waals surface area contributed by atoms with Crippen molar-refractivity contribution in [2.45, 2.75) is 37.6 Å². The van der Waals surface area contributed by atoms with E-state index in [2.05, 4.69) is 18.2 Å². The zero-order chi connectivity index (χ0) is 9.10. The van der Waals surface area contributed by atoms with Crippen LogP contribution in [0, 0.1) is 0 Å². The van der Waals surface area contributed by atoms with Crippen LogP contribution in [0.3, 0.4) is 0 Å².